The molecule has 1 unspecified atom stereocenters. The highest BCUT2D eigenvalue weighted by molar-refractivity contribution is 6.16. The molecular weight excluding hydrogens is 877 g/mol. The van der Waals surface area contributed by atoms with Gasteiger partial charge in [-0.1, -0.05) is 243 Å². The van der Waals surface area contributed by atoms with Crippen LogP contribution >= 0.6 is 0 Å². The SMILES string of the molecule is Oc1c(C=NC(c2ccccc2)[C@H](N=Cc2cc3ccccc3c(-c3c(-c4ccccc4)ccc4ccccc34)c2O)c2ccccc2)cc2ccccc2c1-c1c(-c2ccccc2)ccc2ccccc12. The monoisotopic (exact) mass is 924 g/mol. The van der Waals surface area contributed by atoms with Gasteiger partial charge in [0.1, 0.15) is 23.6 Å². The van der Waals surface area contributed by atoms with Crippen molar-refractivity contribution in [3.8, 4) is 56.0 Å². The summed E-state index contributed by atoms with van der Waals surface area (Å²) in [6, 6.07) is 86.1. The maximum Gasteiger partial charge on any atom is 0.132 e. The fourth-order valence-corrected chi connectivity index (χ4v) is 10.5. The van der Waals surface area contributed by atoms with E-state index in [0.717, 1.165) is 98.7 Å². The molecular formula is C68H48N2O2. The third-order valence-electron chi connectivity index (χ3n) is 14.0. The Balaban J connectivity index is 1.04. The van der Waals surface area contributed by atoms with E-state index >= 15 is 0 Å². The van der Waals surface area contributed by atoms with E-state index in [9.17, 15) is 10.2 Å². The van der Waals surface area contributed by atoms with Gasteiger partial charge in [-0.2, -0.15) is 0 Å². The van der Waals surface area contributed by atoms with E-state index in [0.29, 0.717) is 11.1 Å². The fourth-order valence-electron chi connectivity index (χ4n) is 10.5. The number of hydrogen-bond acceptors (Lipinski definition) is 4. The summed E-state index contributed by atoms with van der Waals surface area (Å²) in [5.41, 5.74) is 10.7. The van der Waals surface area contributed by atoms with Gasteiger partial charge in [0.2, 0.25) is 0 Å². The summed E-state index contributed by atoms with van der Waals surface area (Å²) in [4.78, 5) is 10.9. The molecule has 12 aromatic carbocycles. The Labute approximate surface area is 418 Å². The molecule has 0 fully saturated rings. The van der Waals surface area contributed by atoms with Crippen molar-refractivity contribution in [1.82, 2.24) is 0 Å². The Morgan fingerprint density at radius 3 is 0.972 bits per heavy atom. The average Bonchev–Trinajstić information content (AvgIpc) is 3.44. The molecule has 4 heteroatoms. The number of phenols is 2. The lowest BCUT2D eigenvalue weighted by Crippen LogP contribution is -2.09. The smallest absolute Gasteiger partial charge is 0.132 e. The molecule has 72 heavy (non-hydrogen) atoms. The number of aliphatic imine (C=N–C) groups is 2. The van der Waals surface area contributed by atoms with Gasteiger partial charge in [-0.25, -0.2) is 0 Å². The lowest BCUT2D eigenvalue weighted by Gasteiger charge is -2.23. The number of hydrogen-bond donors (Lipinski definition) is 2. The van der Waals surface area contributed by atoms with E-state index in [1.54, 1.807) is 0 Å². The van der Waals surface area contributed by atoms with E-state index in [1.165, 1.54) is 0 Å². The van der Waals surface area contributed by atoms with Crippen LogP contribution in [0.1, 0.15) is 34.3 Å². The van der Waals surface area contributed by atoms with Crippen LogP contribution < -0.4 is 0 Å². The van der Waals surface area contributed by atoms with Crippen molar-refractivity contribution < 1.29 is 10.2 Å². The van der Waals surface area contributed by atoms with E-state index in [1.807, 2.05) is 97.4 Å². The minimum atomic E-state index is -0.540. The van der Waals surface area contributed by atoms with Crippen LogP contribution in [0, 0.1) is 0 Å². The van der Waals surface area contributed by atoms with Crippen LogP contribution in [0.15, 0.2) is 265 Å². The Kier molecular flexibility index (Phi) is 11.7. The van der Waals surface area contributed by atoms with Crippen molar-refractivity contribution in [3.05, 3.63) is 277 Å². The van der Waals surface area contributed by atoms with Gasteiger partial charge in [-0.15, -0.1) is 0 Å². The average molecular weight is 925 g/mol. The highest BCUT2D eigenvalue weighted by Crippen LogP contribution is 2.49. The molecule has 0 aliphatic rings. The van der Waals surface area contributed by atoms with Crippen molar-refractivity contribution in [2.75, 3.05) is 0 Å². The zero-order chi connectivity index (χ0) is 48.4. The van der Waals surface area contributed by atoms with Crippen molar-refractivity contribution in [2.45, 2.75) is 12.1 Å². The van der Waals surface area contributed by atoms with Crippen LogP contribution in [0.4, 0.5) is 0 Å². The van der Waals surface area contributed by atoms with Gasteiger partial charge in [0.25, 0.3) is 0 Å². The van der Waals surface area contributed by atoms with Crippen LogP contribution in [0.3, 0.4) is 0 Å². The third-order valence-corrected chi connectivity index (χ3v) is 14.0. The highest BCUT2D eigenvalue weighted by Gasteiger charge is 2.26. The second kappa shape index (κ2) is 19.2. The minimum absolute atomic E-state index is 0.148. The van der Waals surface area contributed by atoms with Crippen LogP contribution in [0.2, 0.25) is 0 Å². The number of nitrogens with zero attached hydrogens (tertiary/aromatic N) is 2. The molecule has 0 saturated heterocycles. The molecule has 4 nitrogen and oxygen atoms in total. The van der Waals surface area contributed by atoms with Gasteiger partial charge in [0, 0.05) is 45.8 Å². The standard InChI is InChI=1S/C68H48N2O2/c71-67-53(41-51-31-15-19-35-57(51)63(67)61-55-33-17-13-25-47(55)37-39-59(61)45-21-5-1-6-22-45)43-69-65(49-27-9-3-10-28-49)66(50-29-11-4-12-30-50)70-44-54-42-52-32-16-20-36-58(52)64(68(54)72)62-56-34-18-14-26-48(56)38-40-60(62)46-23-7-2-8-24-46/h1-44,65-66,71-72H/t65-,66?/m1/s1. The lowest BCUT2D eigenvalue weighted by molar-refractivity contribution is 0.476. The molecule has 0 aromatic heterocycles. The zero-order valence-corrected chi connectivity index (χ0v) is 39.3. The summed E-state index contributed by atoms with van der Waals surface area (Å²) in [7, 11) is 0. The summed E-state index contributed by atoms with van der Waals surface area (Å²) in [6.07, 6.45) is 3.64. The summed E-state index contributed by atoms with van der Waals surface area (Å²) < 4.78 is 0. The first-order valence-corrected chi connectivity index (χ1v) is 24.4. The first-order valence-electron chi connectivity index (χ1n) is 24.4. The molecule has 0 radical (unpaired) electrons. The van der Waals surface area contributed by atoms with Gasteiger partial charge >= 0.3 is 0 Å². The molecule has 2 atom stereocenters. The van der Waals surface area contributed by atoms with Crippen molar-refractivity contribution >= 4 is 55.5 Å². The summed E-state index contributed by atoms with van der Waals surface area (Å²) >= 11 is 0. The molecule has 2 N–H and O–H groups in total. The van der Waals surface area contributed by atoms with Crippen LogP contribution in [-0.2, 0) is 0 Å². The van der Waals surface area contributed by atoms with Crippen molar-refractivity contribution in [1.29, 1.82) is 0 Å². The predicted octanol–water partition coefficient (Wildman–Crippen LogP) is 17.4. The minimum Gasteiger partial charge on any atom is -0.507 e. The summed E-state index contributed by atoms with van der Waals surface area (Å²) in [6.45, 7) is 0. The van der Waals surface area contributed by atoms with Crippen LogP contribution in [0.25, 0.3) is 87.6 Å². The number of fused-ring (bicyclic) bond motifs is 4. The molecule has 12 rings (SSSR count). The molecule has 12 aromatic rings. The fraction of sp³-hybridized carbons (Fsp3) is 0.0294. The third kappa shape index (κ3) is 8.15. The van der Waals surface area contributed by atoms with Gasteiger partial charge in [-0.05, 0) is 88.6 Å². The highest BCUT2D eigenvalue weighted by atomic mass is 16.3. The summed E-state index contributed by atoms with van der Waals surface area (Å²) in [5, 5.41) is 33.7. The Morgan fingerprint density at radius 1 is 0.292 bits per heavy atom. The number of rotatable bonds is 11. The Hall–Kier alpha value is -9.38. The molecule has 0 bridgehead atoms. The normalized spacial score (nSPS) is 12.6. The Morgan fingerprint density at radius 2 is 0.597 bits per heavy atom. The van der Waals surface area contributed by atoms with E-state index < -0.39 is 12.1 Å². The second-order valence-corrected chi connectivity index (χ2v) is 18.2. The van der Waals surface area contributed by atoms with Crippen molar-refractivity contribution in [2.24, 2.45) is 9.98 Å². The molecule has 0 aliphatic heterocycles. The molecule has 0 spiro atoms. The molecule has 0 saturated carbocycles. The van der Waals surface area contributed by atoms with Crippen LogP contribution in [0.5, 0.6) is 11.5 Å². The molecule has 0 aliphatic carbocycles. The van der Waals surface area contributed by atoms with E-state index in [2.05, 4.69) is 170 Å². The van der Waals surface area contributed by atoms with Crippen molar-refractivity contribution in [3.63, 3.8) is 0 Å². The van der Waals surface area contributed by atoms with Gasteiger partial charge in [-0.3, -0.25) is 9.98 Å². The number of phenolic OH excluding ortho intramolecular Hbond substituents is 2. The van der Waals surface area contributed by atoms with Gasteiger partial charge in [0.15, 0.2) is 0 Å². The van der Waals surface area contributed by atoms with E-state index in [4.69, 9.17) is 9.98 Å². The Bertz CT molecular complexity index is 3740. The maximum atomic E-state index is 12.8. The van der Waals surface area contributed by atoms with E-state index in [-0.39, 0.29) is 11.5 Å². The maximum absolute atomic E-state index is 12.8. The van der Waals surface area contributed by atoms with Gasteiger partial charge in [0.05, 0.1) is 0 Å². The van der Waals surface area contributed by atoms with Gasteiger partial charge < -0.3 is 10.2 Å². The summed E-state index contributed by atoms with van der Waals surface area (Å²) in [5.74, 6) is 0.295. The second-order valence-electron chi connectivity index (χ2n) is 18.2. The quantitative estimate of drug-likeness (QED) is 0.127. The predicted molar refractivity (Wildman–Crippen MR) is 302 cm³/mol. The zero-order valence-electron chi connectivity index (χ0n) is 39.3. The largest absolute Gasteiger partial charge is 0.507 e. The topological polar surface area (TPSA) is 65.2 Å². The first-order chi connectivity index (χ1) is 35.6. The van der Waals surface area contributed by atoms with Crippen LogP contribution in [-0.4, -0.2) is 22.6 Å². The number of benzene rings is 12. The lowest BCUT2D eigenvalue weighted by atomic mass is 9.86. The molecule has 0 heterocycles. The first kappa shape index (κ1) is 43.9. The molecule has 0 amide bonds. The number of aromatic hydroxyl groups is 2. The molecule has 342 valence electrons.